The van der Waals surface area contributed by atoms with Crippen molar-refractivity contribution < 1.29 is 14.3 Å². The minimum absolute atomic E-state index is 0.0454. The molecule has 0 aliphatic heterocycles. The Bertz CT molecular complexity index is 1330. The number of hydrogen-bond donors (Lipinski definition) is 1. The third kappa shape index (κ3) is 7.37. The quantitative estimate of drug-likeness (QED) is 0.191. The van der Waals surface area contributed by atoms with Crippen molar-refractivity contribution in [1.82, 2.24) is 14.9 Å². The second-order valence-electron chi connectivity index (χ2n) is 9.79. The zero-order chi connectivity index (χ0) is 26.7. The first-order valence-corrected chi connectivity index (χ1v) is 13.6. The number of para-hydroxylation sites is 2. The Kier molecular flexibility index (Phi) is 9.79. The van der Waals surface area contributed by atoms with E-state index in [0.29, 0.717) is 18.7 Å². The van der Waals surface area contributed by atoms with Crippen LogP contribution in [0.2, 0.25) is 0 Å². The minimum atomic E-state index is -0.0454. The third-order valence-electron chi connectivity index (χ3n) is 6.83. The fourth-order valence-corrected chi connectivity index (χ4v) is 4.61. The zero-order valence-corrected chi connectivity index (χ0v) is 22.8. The van der Waals surface area contributed by atoms with Gasteiger partial charge in [-0.25, -0.2) is 4.98 Å². The first kappa shape index (κ1) is 27.2. The number of rotatable bonds is 14. The van der Waals surface area contributed by atoms with Crippen LogP contribution in [-0.2, 0) is 13.0 Å². The highest BCUT2D eigenvalue weighted by Crippen LogP contribution is 2.21. The number of carbonyl (C=O) groups is 1. The molecule has 6 heteroatoms. The van der Waals surface area contributed by atoms with Crippen molar-refractivity contribution in [2.45, 2.75) is 58.9 Å². The summed E-state index contributed by atoms with van der Waals surface area (Å²) >= 11 is 0. The van der Waals surface area contributed by atoms with Gasteiger partial charge in [0.2, 0.25) is 0 Å². The van der Waals surface area contributed by atoms with Gasteiger partial charge in [0.05, 0.1) is 24.8 Å². The molecule has 0 aliphatic carbocycles. The Morgan fingerprint density at radius 2 is 1.74 bits per heavy atom. The second-order valence-corrected chi connectivity index (χ2v) is 9.79. The lowest BCUT2D eigenvalue weighted by Crippen LogP contribution is -2.24. The van der Waals surface area contributed by atoms with Gasteiger partial charge in [-0.2, -0.15) is 0 Å². The summed E-state index contributed by atoms with van der Waals surface area (Å²) in [6.07, 6.45) is 5.98. The lowest BCUT2D eigenvalue weighted by molar-refractivity contribution is 0.0953. The predicted molar refractivity (Wildman–Crippen MR) is 153 cm³/mol. The van der Waals surface area contributed by atoms with E-state index in [1.807, 2.05) is 6.07 Å². The Balaban J connectivity index is 1.22. The highest BCUT2D eigenvalue weighted by atomic mass is 16.5. The molecule has 4 aromatic rings. The highest BCUT2D eigenvalue weighted by Gasteiger charge is 2.11. The molecule has 0 radical (unpaired) electrons. The zero-order valence-electron chi connectivity index (χ0n) is 22.8. The first-order valence-electron chi connectivity index (χ1n) is 13.6. The number of benzene rings is 3. The number of fused-ring (bicyclic) bond motifs is 1. The highest BCUT2D eigenvalue weighted by molar-refractivity contribution is 5.94. The molecule has 0 unspecified atom stereocenters. The van der Waals surface area contributed by atoms with E-state index >= 15 is 0 Å². The molecule has 3 aromatic carbocycles. The van der Waals surface area contributed by atoms with Crippen LogP contribution < -0.4 is 14.8 Å². The SMILES string of the molecule is COc1ccc(C(=O)NCCCCCc2nc3ccccc3n2CCCCOc2cc(C)ccc2C)cc1. The number of nitrogens with one attached hydrogen (secondary N) is 1. The topological polar surface area (TPSA) is 65.4 Å². The Morgan fingerprint density at radius 3 is 2.55 bits per heavy atom. The van der Waals surface area contributed by atoms with Crippen molar-refractivity contribution in [1.29, 1.82) is 0 Å². The van der Waals surface area contributed by atoms with Crippen LogP contribution in [0.1, 0.15) is 59.4 Å². The lowest BCUT2D eigenvalue weighted by Gasteiger charge is -2.12. The molecule has 200 valence electrons. The van der Waals surface area contributed by atoms with E-state index in [4.69, 9.17) is 14.5 Å². The third-order valence-corrected chi connectivity index (χ3v) is 6.83. The van der Waals surface area contributed by atoms with Gasteiger partial charge in [0.25, 0.3) is 5.91 Å². The molecule has 0 spiro atoms. The van der Waals surface area contributed by atoms with Crippen LogP contribution in [0.15, 0.2) is 66.7 Å². The van der Waals surface area contributed by atoms with Gasteiger partial charge in [0.1, 0.15) is 17.3 Å². The average molecular weight is 514 g/mol. The van der Waals surface area contributed by atoms with E-state index in [9.17, 15) is 4.79 Å². The number of aromatic nitrogens is 2. The number of carbonyl (C=O) groups excluding carboxylic acids is 1. The number of amides is 1. The van der Waals surface area contributed by atoms with Crippen LogP contribution in [-0.4, -0.2) is 35.7 Å². The van der Waals surface area contributed by atoms with Crippen molar-refractivity contribution in [2.24, 2.45) is 0 Å². The maximum Gasteiger partial charge on any atom is 0.251 e. The van der Waals surface area contributed by atoms with Crippen molar-refractivity contribution in [3.63, 3.8) is 0 Å². The van der Waals surface area contributed by atoms with Crippen molar-refractivity contribution in [2.75, 3.05) is 20.3 Å². The molecular formula is C32H39N3O3. The molecule has 0 aliphatic rings. The van der Waals surface area contributed by atoms with Gasteiger partial charge < -0.3 is 19.4 Å². The molecule has 6 nitrogen and oxygen atoms in total. The average Bonchev–Trinajstić information content (AvgIpc) is 3.29. The van der Waals surface area contributed by atoms with E-state index in [1.165, 1.54) is 16.6 Å². The van der Waals surface area contributed by atoms with Gasteiger partial charge in [-0.3, -0.25) is 4.79 Å². The van der Waals surface area contributed by atoms with E-state index in [2.05, 4.69) is 60.1 Å². The maximum atomic E-state index is 12.3. The second kappa shape index (κ2) is 13.7. The van der Waals surface area contributed by atoms with Gasteiger partial charge in [-0.05, 0) is 93.1 Å². The number of nitrogens with zero attached hydrogens (tertiary/aromatic N) is 2. The van der Waals surface area contributed by atoms with Gasteiger partial charge in [0, 0.05) is 25.1 Å². The van der Waals surface area contributed by atoms with E-state index in [1.54, 1.807) is 31.4 Å². The summed E-state index contributed by atoms with van der Waals surface area (Å²) in [6.45, 7) is 6.50. The molecule has 0 fully saturated rings. The van der Waals surface area contributed by atoms with Crippen molar-refractivity contribution >= 4 is 16.9 Å². The fraction of sp³-hybridized carbons (Fsp3) is 0.375. The molecule has 0 bridgehead atoms. The fourth-order valence-electron chi connectivity index (χ4n) is 4.61. The Labute approximate surface area is 226 Å². The molecule has 0 atom stereocenters. The van der Waals surface area contributed by atoms with E-state index in [0.717, 1.165) is 67.9 Å². The molecule has 1 heterocycles. The molecule has 0 saturated heterocycles. The number of imidazole rings is 1. The maximum absolute atomic E-state index is 12.3. The normalized spacial score (nSPS) is 11.0. The molecule has 1 N–H and O–H groups in total. The molecule has 1 aromatic heterocycles. The summed E-state index contributed by atoms with van der Waals surface area (Å²) in [7, 11) is 1.62. The van der Waals surface area contributed by atoms with Crippen LogP contribution in [0.25, 0.3) is 11.0 Å². The van der Waals surface area contributed by atoms with Crippen LogP contribution in [0.3, 0.4) is 0 Å². The molecule has 4 rings (SSSR count). The monoisotopic (exact) mass is 513 g/mol. The Morgan fingerprint density at radius 1 is 0.921 bits per heavy atom. The largest absolute Gasteiger partial charge is 0.497 e. The summed E-state index contributed by atoms with van der Waals surface area (Å²) in [6, 6.07) is 21.9. The van der Waals surface area contributed by atoms with Gasteiger partial charge in [0.15, 0.2) is 0 Å². The van der Waals surface area contributed by atoms with Crippen LogP contribution in [0, 0.1) is 13.8 Å². The van der Waals surface area contributed by atoms with Gasteiger partial charge in [-0.15, -0.1) is 0 Å². The number of aryl methyl sites for hydroxylation is 4. The van der Waals surface area contributed by atoms with Gasteiger partial charge >= 0.3 is 0 Å². The first-order chi connectivity index (χ1) is 18.5. The number of ether oxygens (including phenoxy) is 2. The molecule has 1 amide bonds. The molecule has 38 heavy (non-hydrogen) atoms. The van der Waals surface area contributed by atoms with Crippen molar-refractivity contribution in [3.8, 4) is 11.5 Å². The predicted octanol–water partition coefficient (Wildman–Crippen LogP) is 6.66. The van der Waals surface area contributed by atoms with E-state index in [-0.39, 0.29) is 5.91 Å². The van der Waals surface area contributed by atoms with Crippen LogP contribution >= 0.6 is 0 Å². The Hall–Kier alpha value is -3.80. The number of hydrogen-bond acceptors (Lipinski definition) is 4. The summed E-state index contributed by atoms with van der Waals surface area (Å²) in [5.41, 5.74) is 5.31. The molecule has 0 saturated carbocycles. The van der Waals surface area contributed by atoms with E-state index < -0.39 is 0 Å². The minimum Gasteiger partial charge on any atom is -0.497 e. The summed E-state index contributed by atoms with van der Waals surface area (Å²) in [5.74, 6) is 2.83. The summed E-state index contributed by atoms with van der Waals surface area (Å²) in [4.78, 5) is 17.3. The summed E-state index contributed by atoms with van der Waals surface area (Å²) < 4.78 is 13.6. The van der Waals surface area contributed by atoms with Crippen molar-refractivity contribution in [3.05, 3.63) is 89.2 Å². The van der Waals surface area contributed by atoms with Crippen LogP contribution in [0.5, 0.6) is 11.5 Å². The van der Waals surface area contributed by atoms with Gasteiger partial charge in [-0.1, -0.05) is 30.7 Å². The smallest absolute Gasteiger partial charge is 0.251 e. The number of unbranched alkanes of at least 4 members (excludes halogenated alkanes) is 3. The standard InChI is InChI=1S/C32H39N3O3/c1-24-14-15-25(2)30(23-24)38-22-10-9-21-35-29-12-7-6-11-28(29)34-31(35)13-5-4-8-20-33-32(36)26-16-18-27(37-3)19-17-26/h6-7,11-12,14-19,23H,4-5,8-10,13,20-22H2,1-3H3,(H,33,36). The molecular weight excluding hydrogens is 474 g/mol. The lowest BCUT2D eigenvalue weighted by atomic mass is 10.1. The number of methoxy groups -OCH3 is 1. The van der Waals surface area contributed by atoms with Crippen LogP contribution in [0.4, 0.5) is 0 Å². The summed E-state index contributed by atoms with van der Waals surface area (Å²) in [5, 5.41) is 3.01.